The van der Waals surface area contributed by atoms with Crippen molar-refractivity contribution >= 4 is 65.0 Å². The maximum absolute atomic E-state index is 11.6. The minimum Gasteiger partial charge on any atom is -0.308 e. The average Bonchev–Trinajstić information content (AvgIpc) is 3.17. The zero-order valence-corrected chi connectivity index (χ0v) is 20.0. The van der Waals surface area contributed by atoms with Crippen LogP contribution in [0.3, 0.4) is 0 Å². The highest BCUT2D eigenvalue weighted by atomic mass is 32.2. The van der Waals surface area contributed by atoms with Crippen LogP contribution in [-0.4, -0.2) is 40.5 Å². The third-order valence-electron chi connectivity index (χ3n) is 5.65. The Bertz CT molecular complexity index is 1000. The summed E-state index contributed by atoms with van der Waals surface area (Å²) in [5.41, 5.74) is 0.820. The Hall–Kier alpha value is -1.83. The molecule has 0 amide bonds. The Labute approximate surface area is 190 Å². The molecule has 1 N–H and O–H groups in total. The van der Waals surface area contributed by atoms with E-state index in [2.05, 4.69) is 25.8 Å². The second-order valence-corrected chi connectivity index (χ2v) is 12.3. The number of hydrogen-bond donors (Lipinski definition) is 1. The summed E-state index contributed by atoms with van der Waals surface area (Å²) >= 11 is 4.92. The second kappa shape index (κ2) is 9.12. The number of allylic oxidation sites excluding steroid dienone is 1. The van der Waals surface area contributed by atoms with E-state index in [9.17, 15) is 9.59 Å². The molecule has 1 unspecified atom stereocenters. The first-order valence-electron chi connectivity index (χ1n) is 9.79. The molecular weight excluding hydrogens is 432 g/mol. The lowest BCUT2D eigenvalue weighted by Gasteiger charge is -2.18. The first-order chi connectivity index (χ1) is 14.2. The molecule has 1 saturated heterocycles. The number of carbonyl (C=O) groups excluding carboxylic acids is 2. The smallest absolute Gasteiger partial charge is 0.160 e. The van der Waals surface area contributed by atoms with Crippen LogP contribution < -0.4 is 0 Å². The summed E-state index contributed by atoms with van der Waals surface area (Å²) < 4.78 is 0.121. The van der Waals surface area contributed by atoms with Gasteiger partial charge in [0.2, 0.25) is 0 Å². The number of rotatable bonds is 10. The number of nitrogens with zero attached hydrogens (tertiary/aromatic N) is 1. The van der Waals surface area contributed by atoms with Crippen LogP contribution in [0.5, 0.6) is 0 Å². The van der Waals surface area contributed by atoms with E-state index in [4.69, 9.17) is 5.41 Å². The Kier molecular flexibility index (Phi) is 6.95. The van der Waals surface area contributed by atoms with Crippen molar-refractivity contribution in [3.63, 3.8) is 0 Å². The molecule has 0 aromatic carbocycles. The van der Waals surface area contributed by atoms with E-state index in [1.54, 1.807) is 11.3 Å². The molecular formula is C23H26N2O2S3. The highest BCUT2D eigenvalue weighted by molar-refractivity contribution is 8.09. The Balaban J connectivity index is 1.67. The van der Waals surface area contributed by atoms with E-state index in [1.165, 1.54) is 17.6 Å². The molecule has 3 atom stereocenters. The van der Waals surface area contributed by atoms with Gasteiger partial charge in [0.25, 0.3) is 0 Å². The molecule has 0 saturated carbocycles. The van der Waals surface area contributed by atoms with E-state index >= 15 is 0 Å². The van der Waals surface area contributed by atoms with Crippen LogP contribution in [0, 0.1) is 11.3 Å². The number of carbonyl (C=O) groups is 2. The van der Waals surface area contributed by atoms with Crippen LogP contribution in [0.2, 0.25) is 0 Å². The van der Waals surface area contributed by atoms with Gasteiger partial charge in [-0.15, -0.1) is 34.4 Å². The highest BCUT2D eigenvalue weighted by Crippen LogP contribution is 2.66. The van der Waals surface area contributed by atoms with E-state index in [-0.39, 0.29) is 21.5 Å². The molecule has 0 radical (unpaired) electrons. The predicted molar refractivity (Wildman–Crippen MR) is 132 cm³/mol. The van der Waals surface area contributed by atoms with Gasteiger partial charge in [0.05, 0.1) is 10.9 Å². The van der Waals surface area contributed by atoms with Gasteiger partial charge in [0.15, 0.2) is 6.29 Å². The fraction of sp³-hybridized carbons (Fsp3) is 0.391. The standard InChI is InChI=1S/C23H26N2O2S3/c1-15(25-10-9-17(13-26)23(4)22(2,3)30-23)11-16(12-24)19-7-8-21(29-19)20-6-5-18(14-27)28-20/h5-8,10-15,17,24H,9H2,1-4H3/b16-11+,24-12?,25-10?/t15?,17-,23-/m1/s1. The van der Waals surface area contributed by atoms with Crippen molar-refractivity contribution in [3.8, 4) is 9.75 Å². The molecule has 30 heavy (non-hydrogen) atoms. The Morgan fingerprint density at radius 2 is 1.80 bits per heavy atom. The van der Waals surface area contributed by atoms with Crippen LogP contribution >= 0.6 is 34.4 Å². The minimum atomic E-state index is -0.0875. The monoisotopic (exact) mass is 458 g/mol. The van der Waals surface area contributed by atoms with Gasteiger partial charge in [-0.25, -0.2) is 0 Å². The van der Waals surface area contributed by atoms with Crippen LogP contribution in [0.1, 0.15) is 48.7 Å². The maximum atomic E-state index is 11.6. The number of thioether (sulfide) groups is 1. The number of hydrogen-bond acceptors (Lipinski definition) is 7. The molecule has 3 heterocycles. The van der Waals surface area contributed by atoms with Crippen LogP contribution in [0.15, 0.2) is 35.3 Å². The fourth-order valence-electron chi connectivity index (χ4n) is 3.46. The number of thiophene rings is 2. The molecule has 0 spiro atoms. The van der Waals surface area contributed by atoms with Gasteiger partial charge in [0.1, 0.15) is 6.29 Å². The molecule has 0 aliphatic carbocycles. The SMILES string of the molecule is CC(/C=C(\C=N)c1ccc(-c2ccc(C=O)s2)s1)N=CC[C@H](C=O)[C@@]1(C)SC1(C)C. The number of aldehydes is 2. The molecule has 1 fully saturated rings. The van der Waals surface area contributed by atoms with Crippen LogP contribution in [0.25, 0.3) is 15.3 Å². The molecule has 2 aromatic heterocycles. The summed E-state index contributed by atoms with van der Waals surface area (Å²) in [5.74, 6) is -0.0402. The molecule has 1 aliphatic heterocycles. The molecule has 0 bridgehead atoms. The largest absolute Gasteiger partial charge is 0.308 e. The number of nitrogens with one attached hydrogen (secondary N) is 1. The molecule has 1 aliphatic rings. The summed E-state index contributed by atoms with van der Waals surface area (Å²) in [4.78, 5) is 30.9. The molecule has 4 nitrogen and oxygen atoms in total. The number of aliphatic imine (C=N–C) groups is 1. The van der Waals surface area contributed by atoms with Gasteiger partial charge in [-0.3, -0.25) is 9.79 Å². The second-order valence-electron chi connectivity index (χ2n) is 8.02. The van der Waals surface area contributed by atoms with Crippen molar-refractivity contribution in [2.24, 2.45) is 10.9 Å². The third kappa shape index (κ3) is 4.74. The van der Waals surface area contributed by atoms with Gasteiger partial charge in [-0.2, -0.15) is 0 Å². The summed E-state index contributed by atoms with van der Waals surface area (Å²) in [5, 5.41) is 7.82. The molecule has 3 rings (SSSR count). The highest BCUT2D eigenvalue weighted by Gasteiger charge is 2.62. The van der Waals surface area contributed by atoms with E-state index < -0.39 is 0 Å². The zero-order chi connectivity index (χ0) is 21.9. The third-order valence-corrected chi connectivity index (χ3v) is 9.95. The van der Waals surface area contributed by atoms with Crippen molar-refractivity contribution in [2.75, 3.05) is 0 Å². The van der Waals surface area contributed by atoms with Gasteiger partial charge in [-0.1, -0.05) is 6.08 Å². The van der Waals surface area contributed by atoms with Crippen LogP contribution in [0.4, 0.5) is 0 Å². The molecule has 7 heteroatoms. The zero-order valence-electron chi connectivity index (χ0n) is 17.5. The van der Waals surface area contributed by atoms with E-state index in [0.29, 0.717) is 11.3 Å². The lowest BCUT2D eigenvalue weighted by Crippen LogP contribution is -2.28. The first-order valence-corrected chi connectivity index (χ1v) is 12.2. The quantitative estimate of drug-likeness (QED) is 0.259. The van der Waals surface area contributed by atoms with Crippen molar-refractivity contribution in [3.05, 3.63) is 40.1 Å². The summed E-state index contributed by atoms with van der Waals surface area (Å²) in [6, 6.07) is 7.72. The van der Waals surface area contributed by atoms with Crippen molar-refractivity contribution < 1.29 is 9.59 Å². The lowest BCUT2D eigenvalue weighted by molar-refractivity contribution is -0.111. The molecule has 2 aromatic rings. The van der Waals surface area contributed by atoms with Crippen molar-refractivity contribution in [1.29, 1.82) is 5.41 Å². The van der Waals surface area contributed by atoms with Gasteiger partial charge >= 0.3 is 0 Å². The normalized spacial score (nSPS) is 22.6. The molecule has 158 valence electrons. The van der Waals surface area contributed by atoms with Crippen molar-refractivity contribution in [1.82, 2.24) is 0 Å². The maximum Gasteiger partial charge on any atom is 0.160 e. The van der Waals surface area contributed by atoms with Gasteiger partial charge in [-0.05, 0) is 58.4 Å². The summed E-state index contributed by atoms with van der Waals surface area (Å²) in [7, 11) is 0. The lowest BCUT2D eigenvalue weighted by atomic mass is 9.84. The van der Waals surface area contributed by atoms with E-state index in [0.717, 1.165) is 32.8 Å². The van der Waals surface area contributed by atoms with Crippen molar-refractivity contribution in [2.45, 2.75) is 49.7 Å². The van der Waals surface area contributed by atoms with Crippen LogP contribution in [-0.2, 0) is 4.79 Å². The average molecular weight is 459 g/mol. The van der Waals surface area contributed by atoms with E-state index in [1.807, 2.05) is 55.2 Å². The fourth-order valence-corrected chi connectivity index (χ4v) is 6.83. The predicted octanol–water partition coefficient (Wildman–Crippen LogP) is 6.27. The minimum absolute atomic E-state index is 0.0150. The summed E-state index contributed by atoms with van der Waals surface area (Å²) in [6.07, 6.45) is 7.74. The Morgan fingerprint density at radius 3 is 2.37 bits per heavy atom. The van der Waals surface area contributed by atoms with Gasteiger partial charge in [0, 0.05) is 48.0 Å². The Morgan fingerprint density at radius 1 is 1.13 bits per heavy atom. The topological polar surface area (TPSA) is 70.3 Å². The first kappa shape index (κ1) is 22.8. The summed E-state index contributed by atoms with van der Waals surface area (Å²) in [6.45, 7) is 8.50. The van der Waals surface area contributed by atoms with Gasteiger partial charge < -0.3 is 10.2 Å².